The van der Waals surface area contributed by atoms with Crippen LogP contribution in [0.5, 0.6) is 0 Å². The molecule has 0 unspecified atom stereocenters. The first-order valence-electron chi connectivity index (χ1n) is 6.29. The Balaban J connectivity index is 1.76. The second-order valence-corrected chi connectivity index (χ2v) is 4.88. The van der Waals surface area contributed by atoms with Gasteiger partial charge in [0.15, 0.2) is 0 Å². The van der Waals surface area contributed by atoms with E-state index in [1.54, 1.807) is 12.4 Å². The van der Waals surface area contributed by atoms with Crippen LogP contribution in [0.2, 0.25) is 0 Å². The van der Waals surface area contributed by atoms with Crippen LogP contribution < -0.4 is 5.32 Å². The van der Waals surface area contributed by atoms with Crippen LogP contribution in [0.1, 0.15) is 38.1 Å². The molecule has 0 atom stereocenters. The van der Waals surface area contributed by atoms with E-state index in [2.05, 4.69) is 29.1 Å². The maximum atomic E-state index is 4.38. The molecule has 0 aliphatic heterocycles. The van der Waals surface area contributed by atoms with E-state index in [1.807, 2.05) is 0 Å². The van der Waals surface area contributed by atoms with Gasteiger partial charge in [-0.1, -0.05) is 13.8 Å². The van der Waals surface area contributed by atoms with Gasteiger partial charge in [0.05, 0.1) is 11.4 Å². The highest BCUT2D eigenvalue weighted by molar-refractivity contribution is 5.10. The summed E-state index contributed by atoms with van der Waals surface area (Å²) in [4.78, 5) is 8.72. The smallest absolute Gasteiger partial charge is 0.0756 e. The highest BCUT2D eigenvalue weighted by Crippen LogP contribution is 2.32. The molecule has 3 heteroatoms. The summed E-state index contributed by atoms with van der Waals surface area (Å²) in [6.45, 7) is 6.45. The molecule has 0 radical (unpaired) electrons. The van der Waals surface area contributed by atoms with Gasteiger partial charge in [-0.3, -0.25) is 9.97 Å². The third-order valence-corrected chi connectivity index (χ3v) is 3.39. The van der Waals surface area contributed by atoms with Crippen LogP contribution in [0.25, 0.3) is 0 Å². The summed E-state index contributed by atoms with van der Waals surface area (Å²) >= 11 is 0. The molecule has 0 amide bonds. The molecule has 0 spiro atoms. The van der Waals surface area contributed by atoms with Crippen molar-refractivity contribution < 1.29 is 0 Å². The lowest BCUT2D eigenvalue weighted by molar-refractivity contribution is 0.206. The van der Waals surface area contributed by atoms with Crippen molar-refractivity contribution in [1.82, 2.24) is 15.3 Å². The lowest BCUT2D eigenvalue weighted by Gasteiger charge is -2.32. The van der Waals surface area contributed by atoms with Crippen LogP contribution in [0.4, 0.5) is 0 Å². The lowest BCUT2D eigenvalue weighted by atomic mass is 9.76. The quantitative estimate of drug-likeness (QED) is 0.824. The van der Waals surface area contributed by atoms with Gasteiger partial charge in [0.1, 0.15) is 0 Å². The molecule has 0 saturated heterocycles. The van der Waals surface area contributed by atoms with E-state index in [0.717, 1.165) is 42.7 Å². The Hall–Kier alpha value is -0.960. The molecule has 1 aliphatic rings. The first-order valence-corrected chi connectivity index (χ1v) is 6.29. The first kappa shape index (κ1) is 11.5. The van der Waals surface area contributed by atoms with Crippen molar-refractivity contribution in [3.8, 4) is 0 Å². The van der Waals surface area contributed by atoms with Gasteiger partial charge in [0.2, 0.25) is 0 Å². The van der Waals surface area contributed by atoms with Crippen molar-refractivity contribution in [2.75, 3.05) is 6.54 Å². The normalized spacial score (nSPS) is 24.1. The molecule has 1 aromatic heterocycles. The maximum absolute atomic E-state index is 4.38. The van der Waals surface area contributed by atoms with Crippen LogP contribution in [0, 0.1) is 11.8 Å². The van der Waals surface area contributed by atoms with Gasteiger partial charge >= 0.3 is 0 Å². The van der Waals surface area contributed by atoms with Crippen molar-refractivity contribution in [2.45, 2.75) is 39.7 Å². The van der Waals surface area contributed by atoms with Gasteiger partial charge in [0.25, 0.3) is 0 Å². The van der Waals surface area contributed by atoms with E-state index in [9.17, 15) is 0 Å². The van der Waals surface area contributed by atoms with Gasteiger partial charge in [-0.05, 0) is 37.6 Å². The second-order valence-electron chi connectivity index (χ2n) is 4.88. The number of hydrogen-bond acceptors (Lipinski definition) is 3. The molecule has 0 bridgehead atoms. The summed E-state index contributed by atoms with van der Waals surface area (Å²) in [5, 5.41) is 3.50. The summed E-state index contributed by atoms with van der Waals surface area (Å²) < 4.78 is 0. The Kier molecular flexibility index (Phi) is 3.88. The van der Waals surface area contributed by atoms with E-state index < -0.39 is 0 Å². The Labute approximate surface area is 97.7 Å². The van der Waals surface area contributed by atoms with E-state index in [4.69, 9.17) is 0 Å². The number of nitrogens with one attached hydrogen (secondary N) is 1. The summed E-state index contributed by atoms with van der Waals surface area (Å²) in [7, 11) is 0. The molecule has 88 valence electrons. The second kappa shape index (κ2) is 5.39. The Morgan fingerprint density at radius 1 is 1.25 bits per heavy atom. The molecule has 1 N–H and O–H groups in total. The summed E-state index contributed by atoms with van der Waals surface area (Å²) in [5.74, 6) is 1.83. The van der Waals surface area contributed by atoms with Gasteiger partial charge in [-0.15, -0.1) is 0 Å². The molecule has 2 rings (SSSR count). The molecule has 1 aliphatic carbocycles. The molecule has 1 heterocycles. The zero-order valence-corrected chi connectivity index (χ0v) is 10.2. The molecular formula is C13H21N3. The lowest BCUT2D eigenvalue weighted by Crippen LogP contribution is -2.32. The molecule has 1 aromatic rings. The van der Waals surface area contributed by atoms with Crippen molar-refractivity contribution >= 4 is 0 Å². The van der Waals surface area contributed by atoms with Crippen LogP contribution in [0.15, 0.2) is 12.4 Å². The third-order valence-electron chi connectivity index (χ3n) is 3.39. The number of nitrogens with zero attached hydrogens (tertiary/aromatic N) is 2. The van der Waals surface area contributed by atoms with Crippen LogP contribution in [-0.2, 0) is 13.0 Å². The predicted molar refractivity (Wildman–Crippen MR) is 65.0 cm³/mol. The monoisotopic (exact) mass is 219 g/mol. The fourth-order valence-corrected chi connectivity index (χ4v) is 2.47. The molecule has 16 heavy (non-hydrogen) atoms. The number of hydrogen-bond donors (Lipinski definition) is 1. The third kappa shape index (κ3) is 2.79. The van der Waals surface area contributed by atoms with Crippen LogP contribution >= 0.6 is 0 Å². The minimum atomic E-state index is 0.863. The van der Waals surface area contributed by atoms with Gasteiger partial charge < -0.3 is 5.32 Å². The number of aryl methyl sites for hydroxylation is 1. The zero-order valence-electron chi connectivity index (χ0n) is 10.2. The topological polar surface area (TPSA) is 37.8 Å². The van der Waals surface area contributed by atoms with Crippen LogP contribution in [-0.4, -0.2) is 16.5 Å². The molecule has 1 fully saturated rings. The largest absolute Gasteiger partial charge is 0.311 e. The van der Waals surface area contributed by atoms with Crippen molar-refractivity contribution in [1.29, 1.82) is 0 Å². The number of aromatic nitrogens is 2. The molecule has 1 saturated carbocycles. The van der Waals surface area contributed by atoms with Crippen molar-refractivity contribution in [2.24, 2.45) is 11.8 Å². The summed E-state index contributed by atoms with van der Waals surface area (Å²) in [6, 6.07) is 0. The predicted octanol–water partition coefficient (Wildman–Crippen LogP) is 2.17. The summed E-state index contributed by atoms with van der Waals surface area (Å²) in [6.07, 6.45) is 7.28. The average molecular weight is 219 g/mol. The fraction of sp³-hybridized carbons (Fsp3) is 0.692. The minimum Gasteiger partial charge on any atom is -0.311 e. The van der Waals surface area contributed by atoms with Gasteiger partial charge in [-0.25, -0.2) is 0 Å². The van der Waals surface area contributed by atoms with E-state index in [-0.39, 0.29) is 0 Å². The SMILES string of the molecule is CCc1nccnc1CNCC1CC(C)C1. The minimum absolute atomic E-state index is 0.863. The Morgan fingerprint density at radius 3 is 2.56 bits per heavy atom. The van der Waals surface area contributed by atoms with E-state index >= 15 is 0 Å². The Bertz CT molecular complexity index is 332. The maximum Gasteiger partial charge on any atom is 0.0756 e. The first-order chi connectivity index (χ1) is 7.79. The number of rotatable bonds is 5. The highest BCUT2D eigenvalue weighted by Gasteiger charge is 2.24. The summed E-state index contributed by atoms with van der Waals surface area (Å²) in [5.41, 5.74) is 2.23. The standard InChI is InChI=1S/C13H21N3/c1-3-12-13(16-5-4-15-12)9-14-8-11-6-10(2)7-11/h4-5,10-11,14H,3,6-9H2,1-2H3. The van der Waals surface area contributed by atoms with E-state index in [1.165, 1.54) is 12.8 Å². The van der Waals surface area contributed by atoms with Crippen LogP contribution in [0.3, 0.4) is 0 Å². The molecule has 0 aromatic carbocycles. The van der Waals surface area contributed by atoms with Crippen molar-refractivity contribution in [3.05, 3.63) is 23.8 Å². The average Bonchev–Trinajstić information content (AvgIpc) is 2.27. The van der Waals surface area contributed by atoms with E-state index in [0.29, 0.717) is 0 Å². The van der Waals surface area contributed by atoms with Gasteiger partial charge in [0, 0.05) is 18.9 Å². The molecule has 3 nitrogen and oxygen atoms in total. The van der Waals surface area contributed by atoms with Crippen molar-refractivity contribution in [3.63, 3.8) is 0 Å². The Morgan fingerprint density at radius 2 is 1.94 bits per heavy atom. The van der Waals surface area contributed by atoms with Gasteiger partial charge in [-0.2, -0.15) is 0 Å². The molecular weight excluding hydrogens is 198 g/mol. The highest BCUT2D eigenvalue weighted by atomic mass is 14.9. The fourth-order valence-electron chi connectivity index (χ4n) is 2.47. The zero-order chi connectivity index (χ0) is 11.4.